The van der Waals surface area contributed by atoms with E-state index in [1.165, 1.54) is 6.08 Å². The SMILES string of the molecule is C=CCOP(=O)(OCC)C(=C)C. The van der Waals surface area contributed by atoms with Crippen molar-refractivity contribution < 1.29 is 13.6 Å². The third kappa shape index (κ3) is 3.35. The first kappa shape index (κ1) is 11.6. The van der Waals surface area contributed by atoms with Gasteiger partial charge in [0.05, 0.1) is 13.2 Å². The summed E-state index contributed by atoms with van der Waals surface area (Å²) in [5, 5.41) is 0.422. The molecule has 0 aromatic carbocycles. The van der Waals surface area contributed by atoms with Crippen LogP contribution in [0.15, 0.2) is 24.5 Å². The predicted molar refractivity (Wildman–Crippen MR) is 50.2 cm³/mol. The number of rotatable bonds is 6. The van der Waals surface area contributed by atoms with Gasteiger partial charge in [-0.25, -0.2) is 0 Å². The third-order valence-corrected chi connectivity index (χ3v) is 3.15. The van der Waals surface area contributed by atoms with Crippen molar-refractivity contribution in [1.82, 2.24) is 0 Å². The van der Waals surface area contributed by atoms with Crippen LogP contribution in [0.1, 0.15) is 13.8 Å². The van der Waals surface area contributed by atoms with Crippen LogP contribution in [-0.2, 0) is 13.6 Å². The fraction of sp³-hybridized carbons (Fsp3) is 0.500. The molecule has 0 rings (SSSR count). The number of allylic oxidation sites excluding steroid dienone is 1. The zero-order valence-corrected chi connectivity index (χ0v) is 8.47. The van der Waals surface area contributed by atoms with E-state index in [2.05, 4.69) is 13.2 Å². The summed E-state index contributed by atoms with van der Waals surface area (Å²) in [5.74, 6) is 0. The summed E-state index contributed by atoms with van der Waals surface area (Å²) in [5.41, 5.74) is 0. The van der Waals surface area contributed by atoms with Crippen molar-refractivity contribution >= 4 is 7.60 Å². The highest BCUT2D eigenvalue weighted by Gasteiger charge is 2.24. The van der Waals surface area contributed by atoms with Gasteiger partial charge in [-0.15, -0.1) is 6.58 Å². The van der Waals surface area contributed by atoms with Gasteiger partial charge >= 0.3 is 7.60 Å². The molecule has 0 saturated heterocycles. The Morgan fingerprint density at radius 1 is 1.58 bits per heavy atom. The molecule has 1 atom stereocenters. The molecule has 0 radical (unpaired) electrons. The summed E-state index contributed by atoms with van der Waals surface area (Å²) in [6.45, 7) is 10.9. The van der Waals surface area contributed by atoms with Gasteiger partial charge in [0.2, 0.25) is 0 Å². The number of hydrogen-bond donors (Lipinski definition) is 0. The summed E-state index contributed by atoms with van der Waals surface area (Å²) >= 11 is 0. The van der Waals surface area contributed by atoms with Gasteiger partial charge in [0.25, 0.3) is 0 Å². The van der Waals surface area contributed by atoms with Gasteiger partial charge < -0.3 is 9.05 Å². The normalized spacial score (nSPS) is 15.2. The predicted octanol–water partition coefficient (Wildman–Crippen LogP) is 2.95. The Morgan fingerprint density at radius 3 is 2.50 bits per heavy atom. The van der Waals surface area contributed by atoms with Crippen LogP contribution in [0, 0.1) is 0 Å². The lowest BCUT2D eigenvalue weighted by Crippen LogP contribution is -1.96. The molecule has 12 heavy (non-hydrogen) atoms. The summed E-state index contributed by atoms with van der Waals surface area (Å²) < 4.78 is 21.7. The van der Waals surface area contributed by atoms with Gasteiger partial charge in [0, 0.05) is 5.31 Å². The Labute approximate surface area is 73.6 Å². The molecule has 0 aliphatic carbocycles. The van der Waals surface area contributed by atoms with E-state index in [9.17, 15) is 4.57 Å². The van der Waals surface area contributed by atoms with Crippen molar-refractivity contribution in [2.75, 3.05) is 13.2 Å². The largest absolute Gasteiger partial charge is 0.356 e. The summed E-state index contributed by atoms with van der Waals surface area (Å²) in [7, 11) is -3.07. The molecule has 1 unspecified atom stereocenters. The average Bonchev–Trinajstić information content (AvgIpc) is 2.01. The zero-order chi connectivity index (χ0) is 9.61. The fourth-order valence-electron chi connectivity index (χ4n) is 0.578. The first-order chi connectivity index (χ1) is 5.56. The maximum absolute atomic E-state index is 11.7. The maximum atomic E-state index is 11.7. The van der Waals surface area contributed by atoms with Crippen molar-refractivity contribution in [2.24, 2.45) is 0 Å². The molecular formula is C8H15O3P. The Morgan fingerprint density at radius 2 is 2.17 bits per heavy atom. The Hall–Kier alpha value is -0.370. The van der Waals surface area contributed by atoms with E-state index in [0.29, 0.717) is 11.9 Å². The minimum absolute atomic E-state index is 0.212. The van der Waals surface area contributed by atoms with Crippen molar-refractivity contribution in [3.05, 3.63) is 24.5 Å². The molecule has 70 valence electrons. The van der Waals surface area contributed by atoms with Crippen molar-refractivity contribution in [3.63, 3.8) is 0 Å². The molecule has 0 fully saturated rings. The lowest BCUT2D eigenvalue weighted by atomic mass is 10.7. The molecule has 0 aliphatic heterocycles. The summed E-state index contributed by atoms with van der Waals surface area (Å²) in [6.07, 6.45) is 1.52. The van der Waals surface area contributed by atoms with Crippen LogP contribution >= 0.6 is 7.60 Å². The van der Waals surface area contributed by atoms with E-state index in [-0.39, 0.29) is 6.61 Å². The minimum atomic E-state index is -3.07. The van der Waals surface area contributed by atoms with Crippen molar-refractivity contribution in [3.8, 4) is 0 Å². The molecule has 0 heterocycles. The first-order valence-electron chi connectivity index (χ1n) is 3.73. The molecule has 0 aromatic heterocycles. The molecule has 0 N–H and O–H groups in total. The molecule has 3 nitrogen and oxygen atoms in total. The Bertz CT molecular complexity index is 210. The van der Waals surface area contributed by atoms with Gasteiger partial charge in [-0.3, -0.25) is 4.57 Å². The lowest BCUT2D eigenvalue weighted by Gasteiger charge is -2.16. The second-order valence-corrected chi connectivity index (χ2v) is 4.51. The van der Waals surface area contributed by atoms with Crippen LogP contribution in [0.4, 0.5) is 0 Å². The Balaban J connectivity index is 4.29. The van der Waals surface area contributed by atoms with Gasteiger partial charge in [0.1, 0.15) is 0 Å². The second kappa shape index (κ2) is 5.31. The standard InChI is InChI=1S/C8H15O3P/c1-5-7-11-12(9,8(3)4)10-6-2/h5H,1,3,6-7H2,2,4H3. The van der Waals surface area contributed by atoms with Crippen molar-refractivity contribution in [2.45, 2.75) is 13.8 Å². The first-order valence-corrected chi connectivity index (χ1v) is 5.27. The van der Waals surface area contributed by atoms with Gasteiger partial charge in [-0.2, -0.15) is 0 Å². The maximum Gasteiger partial charge on any atom is 0.356 e. The zero-order valence-electron chi connectivity index (χ0n) is 7.58. The average molecular weight is 190 g/mol. The van der Waals surface area contributed by atoms with E-state index >= 15 is 0 Å². The highest BCUT2D eigenvalue weighted by Crippen LogP contribution is 2.54. The van der Waals surface area contributed by atoms with Crippen molar-refractivity contribution in [1.29, 1.82) is 0 Å². The summed E-state index contributed by atoms with van der Waals surface area (Å²) in [6, 6.07) is 0. The number of hydrogen-bond acceptors (Lipinski definition) is 3. The van der Waals surface area contributed by atoms with Crippen LogP contribution in [0.2, 0.25) is 0 Å². The van der Waals surface area contributed by atoms with Crippen LogP contribution in [0.25, 0.3) is 0 Å². The highest BCUT2D eigenvalue weighted by molar-refractivity contribution is 7.58. The van der Waals surface area contributed by atoms with E-state index in [1.54, 1.807) is 13.8 Å². The minimum Gasteiger partial charge on any atom is -0.306 e. The van der Waals surface area contributed by atoms with Gasteiger partial charge in [0.15, 0.2) is 0 Å². The molecule has 0 bridgehead atoms. The molecule has 4 heteroatoms. The molecule has 0 aliphatic rings. The Kier molecular flexibility index (Phi) is 5.14. The van der Waals surface area contributed by atoms with Gasteiger partial charge in [-0.1, -0.05) is 12.7 Å². The van der Waals surface area contributed by atoms with Crippen LogP contribution in [-0.4, -0.2) is 13.2 Å². The van der Waals surface area contributed by atoms with Crippen LogP contribution in [0.5, 0.6) is 0 Å². The molecule has 0 amide bonds. The fourth-order valence-corrected chi connectivity index (χ4v) is 1.74. The lowest BCUT2D eigenvalue weighted by molar-refractivity contribution is 0.234. The monoisotopic (exact) mass is 190 g/mol. The molecule has 0 aromatic rings. The quantitative estimate of drug-likeness (QED) is 0.477. The molecular weight excluding hydrogens is 175 g/mol. The summed E-state index contributed by atoms with van der Waals surface area (Å²) in [4.78, 5) is 0. The van der Waals surface area contributed by atoms with E-state index in [0.717, 1.165) is 0 Å². The smallest absolute Gasteiger partial charge is 0.306 e. The second-order valence-electron chi connectivity index (χ2n) is 2.23. The third-order valence-electron chi connectivity index (χ3n) is 1.13. The van der Waals surface area contributed by atoms with Crippen LogP contribution < -0.4 is 0 Å². The molecule has 0 spiro atoms. The van der Waals surface area contributed by atoms with E-state index in [1.807, 2.05) is 0 Å². The molecule has 0 saturated carbocycles. The van der Waals surface area contributed by atoms with Crippen LogP contribution in [0.3, 0.4) is 0 Å². The van der Waals surface area contributed by atoms with E-state index < -0.39 is 7.60 Å². The highest BCUT2D eigenvalue weighted by atomic mass is 31.2. The van der Waals surface area contributed by atoms with Gasteiger partial charge in [-0.05, 0) is 13.8 Å². The van der Waals surface area contributed by atoms with E-state index in [4.69, 9.17) is 9.05 Å². The topological polar surface area (TPSA) is 35.5 Å².